The third-order valence-corrected chi connectivity index (χ3v) is 4.91. The molecule has 8 heteroatoms. The van der Waals surface area contributed by atoms with E-state index in [1.807, 2.05) is 29.8 Å². The molecule has 1 fully saturated rings. The van der Waals surface area contributed by atoms with Crippen LogP contribution in [0, 0.1) is 12.7 Å². The maximum atomic E-state index is 12.9. The highest BCUT2D eigenvalue weighted by molar-refractivity contribution is 5.91. The molecule has 0 aliphatic carbocycles. The fourth-order valence-electron chi connectivity index (χ4n) is 3.24. The monoisotopic (exact) mass is 392 g/mol. The van der Waals surface area contributed by atoms with Gasteiger partial charge in [-0.25, -0.2) is 9.37 Å². The highest BCUT2D eigenvalue weighted by Crippen LogP contribution is 2.15. The van der Waals surface area contributed by atoms with Crippen molar-refractivity contribution in [2.24, 2.45) is 0 Å². The van der Waals surface area contributed by atoms with Crippen LogP contribution in [0.2, 0.25) is 0 Å². The van der Waals surface area contributed by atoms with E-state index in [9.17, 15) is 9.18 Å². The first-order valence-electron chi connectivity index (χ1n) is 9.42. The van der Waals surface area contributed by atoms with Gasteiger partial charge in [-0.3, -0.25) is 9.36 Å². The number of carbonyl (C=O) groups excluding carboxylic acids is 1. The van der Waals surface area contributed by atoms with Gasteiger partial charge in [-0.05, 0) is 42.8 Å². The average Bonchev–Trinajstić information content (AvgIpc) is 3.19. The van der Waals surface area contributed by atoms with Crippen LogP contribution < -0.4 is 4.90 Å². The Balaban J connectivity index is 1.33. The van der Waals surface area contributed by atoms with Crippen molar-refractivity contribution in [3.8, 4) is 5.82 Å². The molecule has 1 amide bonds. The van der Waals surface area contributed by atoms with Crippen LogP contribution in [-0.2, 0) is 4.79 Å². The Morgan fingerprint density at radius 1 is 1.00 bits per heavy atom. The molecule has 0 bridgehead atoms. The zero-order valence-electron chi connectivity index (χ0n) is 16.1. The van der Waals surface area contributed by atoms with E-state index < -0.39 is 0 Å². The summed E-state index contributed by atoms with van der Waals surface area (Å²) < 4.78 is 14.8. The van der Waals surface area contributed by atoms with Gasteiger partial charge in [-0.1, -0.05) is 12.1 Å². The summed E-state index contributed by atoms with van der Waals surface area (Å²) in [6.07, 6.45) is 6.82. The Bertz CT molecular complexity index is 1000. The molecule has 3 heterocycles. The van der Waals surface area contributed by atoms with Gasteiger partial charge in [0.25, 0.3) is 0 Å². The standard InChI is InChI=1S/C21H21FN6O/c1-16-23-10-11-28(16)20-8-7-19(24-25-20)26-12-14-27(15-13-26)21(29)9-4-17-2-5-18(22)6-3-17/h2-11H,12-15H2,1H3/b9-4+. The lowest BCUT2D eigenvalue weighted by atomic mass is 10.2. The zero-order valence-corrected chi connectivity index (χ0v) is 16.1. The average molecular weight is 392 g/mol. The van der Waals surface area contributed by atoms with Crippen LogP contribution in [-0.4, -0.2) is 56.7 Å². The van der Waals surface area contributed by atoms with E-state index in [0.717, 1.165) is 23.0 Å². The van der Waals surface area contributed by atoms with Crippen LogP contribution in [0.5, 0.6) is 0 Å². The van der Waals surface area contributed by atoms with Gasteiger partial charge in [0.2, 0.25) is 5.91 Å². The molecular weight excluding hydrogens is 371 g/mol. The molecule has 0 saturated carbocycles. The molecule has 2 aromatic heterocycles. The molecule has 7 nitrogen and oxygen atoms in total. The second-order valence-corrected chi connectivity index (χ2v) is 6.79. The van der Waals surface area contributed by atoms with Crippen LogP contribution >= 0.6 is 0 Å². The predicted octanol–water partition coefficient (Wildman–Crippen LogP) is 2.47. The molecule has 1 aromatic carbocycles. The number of piperazine rings is 1. The van der Waals surface area contributed by atoms with Gasteiger partial charge in [0.1, 0.15) is 11.6 Å². The molecule has 29 heavy (non-hydrogen) atoms. The summed E-state index contributed by atoms with van der Waals surface area (Å²) in [5.74, 6) is 2.03. The normalized spacial score (nSPS) is 14.6. The molecule has 3 aromatic rings. The summed E-state index contributed by atoms with van der Waals surface area (Å²) in [6, 6.07) is 9.90. The third kappa shape index (κ3) is 4.31. The van der Waals surface area contributed by atoms with Crippen molar-refractivity contribution >= 4 is 17.8 Å². The molecule has 0 N–H and O–H groups in total. The first-order chi connectivity index (χ1) is 14.1. The van der Waals surface area contributed by atoms with E-state index in [2.05, 4.69) is 20.1 Å². The topological polar surface area (TPSA) is 67.2 Å². The minimum absolute atomic E-state index is 0.0500. The van der Waals surface area contributed by atoms with E-state index >= 15 is 0 Å². The minimum Gasteiger partial charge on any atom is -0.352 e. The smallest absolute Gasteiger partial charge is 0.246 e. The number of imidazole rings is 1. The Morgan fingerprint density at radius 2 is 1.69 bits per heavy atom. The Morgan fingerprint density at radius 3 is 2.31 bits per heavy atom. The third-order valence-electron chi connectivity index (χ3n) is 4.91. The molecule has 0 spiro atoms. The van der Waals surface area contributed by atoms with E-state index in [4.69, 9.17) is 0 Å². The van der Waals surface area contributed by atoms with Crippen LogP contribution in [0.1, 0.15) is 11.4 Å². The van der Waals surface area contributed by atoms with Gasteiger partial charge in [-0.15, -0.1) is 10.2 Å². The van der Waals surface area contributed by atoms with Crippen molar-refractivity contribution in [3.63, 3.8) is 0 Å². The second-order valence-electron chi connectivity index (χ2n) is 6.79. The van der Waals surface area contributed by atoms with Gasteiger partial charge >= 0.3 is 0 Å². The van der Waals surface area contributed by atoms with Gasteiger partial charge in [0, 0.05) is 44.6 Å². The van der Waals surface area contributed by atoms with Crippen LogP contribution in [0.15, 0.2) is 54.9 Å². The fraction of sp³-hybridized carbons (Fsp3) is 0.238. The SMILES string of the molecule is Cc1nccn1-c1ccc(N2CCN(C(=O)/C=C/c3ccc(F)cc3)CC2)nn1. The Hall–Kier alpha value is -3.55. The molecule has 1 aliphatic heterocycles. The van der Waals surface area contributed by atoms with E-state index in [1.54, 1.807) is 29.3 Å². The number of amides is 1. The number of halogens is 1. The van der Waals surface area contributed by atoms with Gasteiger partial charge in [0.15, 0.2) is 11.6 Å². The van der Waals surface area contributed by atoms with Crippen LogP contribution in [0.25, 0.3) is 11.9 Å². The summed E-state index contributed by atoms with van der Waals surface area (Å²) in [7, 11) is 0. The lowest BCUT2D eigenvalue weighted by Gasteiger charge is -2.34. The summed E-state index contributed by atoms with van der Waals surface area (Å²) >= 11 is 0. The largest absolute Gasteiger partial charge is 0.352 e. The van der Waals surface area contributed by atoms with Crippen molar-refractivity contribution in [1.29, 1.82) is 0 Å². The quantitative estimate of drug-likeness (QED) is 0.638. The molecule has 0 atom stereocenters. The lowest BCUT2D eigenvalue weighted by Crippen LogP contribution is -2.48. The molecule has 1 aliphatic rings. The number of nitrogens with zero attached hydrogens (tertiary/aromatic N) is 6. The van der Waals surface area contributed by atoms with Crippen molar-refractivity contribution < 1.29 is 9.18 Å². The second kappa shape index (κ2) is 8.22. The number of benzene rings is 1. The lowest BCUT2D eigenvalue weighted by molar-refractivity contribution is -0.126. The first kappa shape index (κ1) is 18.8. The van der Waals surface area contributed by atoms with E-state index in [1.165, 1.54) is 18.2 Å². The Kier molecular flexibility index (Phi) is 5.33. The van der Waals surface area contributed by atoms with Gasteiger partial charge in [0.05, 0.1) is 0 Å². The highest BCUT2D eigenvalue weighted by Gasteiger charge is 2.21. The number of rotatable bonds is 4. The number of aromatic nitrogens is 4. The predicted molar refractivity (Wildman–Crippen MR) is 108 cm³/mol. The summed E-state index contributed by atoms with van der Waals surface area (Å²) in [5.41, 5.74) is 0.793. The number of aryl methyl sites for hydroxylation is 1. The van der Waals surface area contributed by atoms with Gasteiger partial charge in [-0.2, -0.15) is 0 Å². The molecule has 1 saturated heterocycles. The van der Waals surface area contributed by atoms with Crippen molar-refractivity contribution in [2.45, 2.75) is 6.92 Å². The fourth-order valence-corrected chi connectivity index (χ4v) is 3.24. The van der Waals surface area contributed by atoms with Crippen molar-refractivity contribution in [1.82, 2.24) is 24.6 Å². The summed E-state index contributed by atoms with van der Waals surface area (Å²) in [4.78, 5) is 20.5. The number of hydrogen-bond donors (Lipinski definition) is 0. The summed E-state index contributed by atoms with van der Waals surface area (Å²) in [5, 5.41) is 8.63. The Labute approximate surface area is 168 Å². The van der Waals surface area contributed by atoms with Crippen molar-refractivity contribution in [2.75, 3.05) is 31.1 Å². The number of carbonyl (C=O) groups is 1. The molecule has 0 radical (unpaired) electrons. The summed E-state index contributed by atoms with van der Waals surface area (Å²) in [6.45, 7) is 4.51. The van der Waals surface area contributed by atoms with E-state index in [-0.39, 0.29) is 11.7 Å². The van der Waals surface area contributed by atoms with Crippen molar-refractivity contribution in [3.05, 3.63) is 72.1 Å². The number of anilines is 1. The molecule has 4 rings (SSSR count). The highest BCUT2D eigenvalue weighted by atomic mass is 19.1. The molecular formula is C21H21FN6O. The number of hydrogen-bond acceptors (Lipinski definition) is 5. The molecule has 148 valence electrons. The van der Waals surface area contributed by atoms with Crippen LogP contribution in [0.4, 0.5) is 10.2 Å². The molecule has 0 unspecified atom stereocenters. The van der Waals surface area contributed by atoms with E-state index in [0.29, 0.717) is 26.2 Å². The maximum absolute atomic E-state index is 12.9. The zero-order chi connectivity index (χ0) is 20.2. The first-order valence-corrected chi connectivity index (χ1v) is 9.42. The maximum Gasteiger partial charge on any atom is 0.246 e. The minimum atomic E-state index is -0.291. The van der Waals surface area contributed by atoms with Gasteiger partial charge < -0.3 is 9.80 Å². The van der Waals surface area contributed by atoms with Crippen LogP contribution in [0.3, 0.4) is 0 Å².